The van der Waals surface area contributed by atoms with Gasteiger partial charge in [0.2, 0.25) is 0 Å². The van der Waals surface area contributed by atoms with Gasteiger partial charge in [0.25, 0.3) is 5.56 Å². The highest BCUT2D eigenvalue weighted by molar-refractivity contribution is 6.32. The molecule has 2 aromatic rings. The molecular weight excluding hydrogens is 295 g/mol. The number of terminal acetylenes is 1. The van der Waals surface area contributed by atoms with Gasteiger partial charge in [0.1, 0.15) is 18.0 Å². The monoisotopic (exact) mass is 306 g/mol. The second-order valence-electron chi connectivity index (χ2n) is 4.40. The SMILES string of the molecule is C#CCOc1cc(-n2ncc(C)c(C)c2=O)c(F)cc1Cl. The van der Waals surface area contributed by atoms with Gasteiger partial charge in [0.05, 0.1) is 11.2 Å². The van der Waals surface area contributed by atoms with Gasteiger partial charge >= 0.3 is 0 Å². The largest absolute Gasteiger partial charge is 0.479 e. The van der Waals surface area contributed by atoms with Crippen LogP contribution in [0.1, 0.15) is 11.1 Å². The van der Waals surface area contributed by atoms with Crippen LogP contribution in [0.5, 0.6) is 5.75 Å². The summed E-state index contributed by atoms with van der Waals surface area (Å²) in [5.74, 6) is 1.80. The maximum absolute atomic E-state index is 14.1. The molecule has 0 aliphatic carbocycles. The van der Waals surface area contributed by atoms with Crippen molar-refractivity contribution in [1.82, 2.24) is 9.78 Å². The van der Waals surface area contributed by atoms with Crippen molar-refractivity contribution in [3.05, 3.63) is 50.7 Å². The topological polar surface area (TPSA) is 44.1 Å². The summed E-state index contributed by atoms with van der Waals surface area (Å²) in [5, 5.41) is 4.02. The minimum Gasteiger partial charge on any atom is -0.479 e. The molecular formula is C15H12ClFN2O2. The standard InChI is InChI=1S/C15H12ClFN2O2/c1-4-5-21-14-7-13(12(17)6-11(14)16)19-15(20)10(3)9(2)8-18-19/h1,6-8H,5H2,2-3H3. The molecule has 0 saturated heterocycles. The molecule has 2 rings (SSSR count). The van der Waals surface area contributed by atoms with Crippen LogP contribution in [-0.2, 0) is 0 Å². The van der Waals surface area contributed by atoms with Crippen LogP contribution >= 0.6 is 11.6 Å². The van der Waals surface area contributed by atoms with Gasteiger partial charge in [-0.05, 0) is 25.5 Å². The molecule has 0 N–H and O–H groups in total. The normalized spacial score (nSPS) is 10.2. The number of halogens is 2. The van der Waals surface area contributed by atoms with E-state index in [9.17, 15) is 9.18 Å². The lowest BCUT2D eigenvalue weighted by atomic mass is 10.2. The van der Waals surface area contributed by atoms with Gasteiger partial charge in [-0.2, -0.15) is 9.78 Å². The van der Waals surface area contributed by atoms with E-state index < -0.39 is 11.4 Å². The Morgan fingerprint density at radius 2 is 2.19 bits per heavy atom. The second kappa shape index (κ2) is 5.98. The summed E-state index contributed by atoms with van der Waals surface area (Å²) >= 11 is 5.88. The fraction of sp³-hybridized carbons (Fsp3) is 0.200. The van der Waals surface area contributed by atoms with E-state index in [0.29, 0.717) is 5.56 Å². The second-order valence-corrected chi connectivity index (χ2v) is 4.80. The van der Waals surface area contributed by atoms with Gasteiger partial charge in [-0.15, -0.1) is 6.42 Å². The van der Waals surface area contributed by atoms with Crippen LogP contribution < -0.4 is 10.3 Å². The van der Waals surface area contributed by atoms with Crippen LogP contribution in [0.25, 0.3) is 5.69 Å². The number of aromatic nitrogens is 2. The van der Waals surface area contributed by atoms with Gasteiger partial charge in [-0.25, -0.2) is 4.39 Å². The average Bonchev–Trinajstić information content (AvgIpc) is 2.45. The molecule has 0 aliphatic heterocycles. The molecule has 1 heterocycles. The van der Waals surface area contributed by atoms with E-state index in [0.717, 1.165) is 16.3 Å². The van der Waals surface area contributed by atoms with Gasteiger partial charge in [0, 0.05) is 11.6 Å². The third-order valence-electron chi connectivity index (χ3n) is 3.01. The highest BCUT2D eigenvalue weighted by Gasteiger charge is 2.14. The Bertz CT molecular complexity index is 793. The predicted molar refractivity (Wildman–Crippen MR) is 78.6 cm³/mol. The summed E-state index contributed by atoms with van der Waals surface area (Å²) in [5.41, 5.74) is 0.776. The van der Waals surface area contributed by atoms with Crippen LogP contribution in [0.4, 0.5) is 4.39 Å². The van der Waals surface area contributed by atoms with Gasteiger partial charge in [0.15, 0.2) is 5.82 Å². The van der Waals surface area contributed by atoms with Crippen LogP contribution in [0.15, 0.2) is 23.1 Å². The van der Waals surface area contributed by atoms with Crippen molar-refractivity contribution in [3.63, 3.8) is 0 Å². The third-order valence-corrected chi connectivity index (χ3v) is 3.31. The van der Waals surface area contributed by atoms with Crippen molar-refractivity contribution >= 4 is 11.6 Å². The molecule has 21 heavy (non-hydrogen) atoms. The molecule has 0 bridgehead atoms. The number of hydrogen-bond donors (Lipinski definition) is 0. The molecule has 0 spiro atoms. The van der Waals surface area contributed by atoms with Crippen molar-refractivity contribution in [3.8, 4) is 23.8 Å². The Morgan fingerprint density at radius 3 is 2.86 bits per heavy atom. The molecule has 0 radical (unpaired) electrons. The Labute approximate surface area is 126 Å². The molecule has 6 heteroatoms. The first kappa shape index (κ1) is 15.1. The first-order valence-electron chi connectivity index (χ1n) is 6.07. The zero-order valence-corrected chi connectivity index (χ0v) is 12.2. The van der Waals surface area contributed by atoms with Crippen molar-refractivity contribution in [2.24, 2.45) is 0 Å². The summed E-state index contributed by atoms with van der Waals surface area (Å²) in [4.78, 5) is 12.2. The van der Waals surface area contributed by atoms with Crippen molar-refractivity contribution in [2.75, 3.05) is 6.61 Å². The van der Waals surface area contributed by atoms with Crippen molar-refractivity contribution in [1.29, 1.82) is 0 Å². The fourth-order valence-corrected chi connectivity index (χ4v) is 1.91. The predicted octanol–water partition coefficient (Wildman–Crippen LogP) is 2.65. The van der Waals surface area contributed by atoms with Gasteiger partial charge in [-0.1, -0.05) is 17.5 Å². The van der Waals surface area contributed by atoms with Crippen molar-refractivity contribution in [2.45, 2.75) is 13.8 Å². The molecule has 0 amide bonds. The first-order chi connectivity index (χ1) is 9.95. The molecule has 1 aromatic heterocycles. The van der Waals surface area contributed by atoms with E-state index in [2.05, 4.69) is 11.0 Å². The molecule has 4 nitrogen and oxygen atoms in total. The summed E-state index contributed by atoms with van der Waals surface area (Å²) in [6.45, 7) is 3.40. The highest BCUT2D eigenvalue weighted by atomic mass is 35.5. The molecule has 0 saturated carbocycles. The van der Waals surface area contributed by atoms with Crippen LogP contribution in [0, 0.1) is 32.0 Å². The van der Waals surface area contributed by atoms with E-state index >= 15 is 0 Å². The summed E-state index contributed by atoms with van der Waals surface area (Å²) in [7, 11) is 0. The Morgan fingerprint density at radius 1 is 1.48 bits per heavy atom. The van der Waals surface area contributed by atoms with Gasteiger partial charge in [-0.3, -0.25) is 4.79 Å². The summed E-state index contributed by atoms with van der Waals surface area (Å²) in [6, 6.07) is 2.37. The number of nitrogens with zero attached hydrogens (tertiary/aromatic N) is 2. The average molecular weight is 307 g/mol. The quantitative estimate of drug-likeness (QED) is 0.819. The minimum atomic E-state index is -0.675. The van der Waals surface area contributed by atoms with Crippen LogP contribution in [-0.4, -0.2) is 16.4 Å². The van der Waals surface area contributed by atoms with E-state index in [-0.39, 0.29) is 23.1 Å². The molecule has 0 fully saturated rings. The number of rotatable bonds is 3. The third kappa shape index (κ3) is 2.91. The van der Waals surface area contributed by atoms with Crippen LogP contribution in [0.2, 0.25) is 5.02 Å². The van der Waals surface area contributed by atoms with E-state index in [4.69, 9.17) is 22.8 Å². The van der Waals surface area contributed by atoms with E-state index in [1.165, 1.54) is 12.3 Å². The molecule has 0 aliphatic rings. The molecule has 108 valence electrons. The minimum absolute atomic E-state index is 0.0138. The summed E-state index contributed by atoms with van der Waals surface area (Å²) in [6.07, 6.45) is 6.60. The lowest BCUT2D eigenvalue weighted by Crippen LogP contribution is -2.24. The molecule has 0 atom stereocenters. The number of hydrogen-bond acceptors (Lipinski definition) is 3. The number of benzene rings is 1. The lowest BCUT2D eigenvalue weighted by Gasteiger charge is -2.11. The van der Waals surface area contributed by atoms with Crippen LogP contribution in [0.3, 0.4) is 0 Å². The molecule has 1 aromatic carbocycles. The first-order valence-corrected chi connectivity index (χ1v) is 6.44. The fourth-order valence-electron chi connectivity index (χ4n) is 1.70. The Kier molecular flexibility index (Phi) is 4.29. The maximum Gasteiger partial charge on any atom is 0.274 e. The van der Waals surface area contributed by atoms with E-state index in [1.807, 2.05) is 0 Å². The van der Waals surface area contributed by atoms with E-state index in [1.54, 1.807) is 13.8 Å². The Balaban J connectivity index is 2.62. The summed E-state index contributed by atoms with van der Waals surface area (Å²) < 4.78 is 20.3. The zero-order valence-electron chi connectivity index (χ0n) is 11.5. The van der Waals surface area contributed by atoms with Gasteiger partial charge < -0.3 is 4.74 Å². The van der Waals surface area contributed by atoms with Crippen molar-refractivity contribution < 1.29 is 9.13 Å². The molecule has 0 unspecified atom stereocenters. The lowest BCUT2D eigenvalue weighted by molar-refractivity contribution is 0.369. The Hall–Kier alpha value is -2.32. The smallest absolute Gasteiger partial charge is 0.274 e. The maximum atomic E-state index is 14.1. The zero-order chi connectivity index (χ0) is 15.6. The number of aryl methyl sites for hydroxylation is 1. The number of ether oxygens (including phenoxy) is 1. The highest BCUT2D eigenvalue weighted by Crippen LogP contribution is 2.29.